The van der Waals surface area contributed by atoms with Crippen molar-refractivity contribution >= 4 is 28.3 Å². The molecule has 0 spiro atoms. The number of fused-ring (bicyclic) bond motifs is 4. The molecule has 1 aliphatic heterocycles. The van der Waals surface area contributed by atoms with Crippen molar-refractivity contribution < 1.29 is 73.9 Å². The summed E-state index contributed by atoms with van der Waals surface area (Å²) in [5.41, 5.74) is 2.66. The lowest BCUT2D eigenvalue weighted by Crippen LogP contribution is -2.53. The van der Waals surface area contributed by atoms with E-state index in [0.29, 0.717) is 5.56 Å². The Hall–Kier alpha value is -6.34. The molecule has 4 aromatic carbocycles. The molecular formula is C42H39NO16. The van der Waals surface area contributed by atoms with Crippen molar-refractivity contribution in [2.24, 2.45) is 5.73 Å². The van der Waals surface area contributed by atoms with Gasteiger partial charge in [0.1, 0.15) is 63.4 Å². The third-order valence-electron chi connectivity index (χ3n) is 10.8. The van der Waals surface area contributed by atoms with Crippen molar-refractivity contribution in [3.05, 3.63) is 104 Å². The molecule has 5 aromatic rings. The van der Waals surface area contributed by atoms with E-state index >= 15 is 0 Å². The quantitative estimate of drug-likeness (QED) is 0.109. The normalized spacial score (nSPS) is 23.4. The van der Waals surface area contributed by atoms with Gasteiger partial charge in [-0.05, 0) is 37.3 Å². The van der Waals surface area contributed by atoms with Crippen LogP contribution in [0.1, 0.15) is 68.8 Å². The number of hydrogen-bond donors (Lipinski definition) is 9. The number of benzene rings is 4. The van der Waals surface area contributed by atoms with Crippen LogP contribution in [0.4, 0.5) is 0 Å². The third-order valence-corrected chi connectivity index (χ3v) is 10.8. The van der Waals surface area contributed by atoms with Gasteiger partial charge in [-0.15, -0.1) is 0 Å². The fourth-order valence-electron chi connectivity index (χ4n) is 7.77. The molecule has 1 saturated heterocycles. The van der Waals surface area contributed by atoms with E-state index in [2.05, 4.69) is 0 Å². The van der Waals surface area contributed by atoms with Crippen LogP contribution in [-0.2, 0) is 20.7 Å². The van der Waals surface area contributed by atoms with E-state index in [1.807, 2.05) is 0 Å². The standard InChI is InChI=1S/C27H29NO11.C15H10O5/c1-10-22(31)13(28)6-17(38-10)39-15-8-27(36,16(30)9-29)7-12-19(15)26(35)21-20(24(12)33)23(32)11-4-3-5-14(37-2)18(11)25(21)34;16-9-3-1-8(2-4-9)13-7-12(19)15-11(18)5-10(17)6-14(15)20-13/h3-5,10,13,15,17,22,29,31,33,35-36H,6-9,28H2,1-2H3;1-7,16-18H/t10-,13-,15-,17-,22+,27-;/m0./s1. The van der Waals surface area contributed by atoms with E-state index in [0.717, 1.165) is 6.07 Å². The fourth-order valence-corrected chi connectivity index (χ4v) is 7.77. The minimum absolute atomic E-state index is 0.0173. The highest BCUT2D eigenvalue weighted by Crippen LogP contribution is 2.52. The van der Waals surface area contributed by atoms with Crippen LogP contribution in [-0.4, -0.2) is 102 Å². The molecule has 2 heterocycles. The number of carbonyl (C=O) groups is 3. The first-order valence-corrected chi connectivity index (χ1v) is 18.2. The van der Waals surface area contributed by atoms with E-state index in [1.54, 1.807) is 19.1 Å². The number of aromatic hydroxyl groups is 5. The number of ketones is 3. The van der Waals surface area contributed by atoms with Gasteiger partial charge in [0.15, 0.2) is 23.3 Å². The fraction of sp³-hybridized carbons (Fsp3) is 0.286. The maximum atomic E-state index is 13.6. The zero-order valence-corrected chi connectivity index (χ0v) is 31.4. The molecule has 308 valence electrons. The van der Waals surface area contributed by atoms with Gasteiger partial charge in [-0.25, -0.2) is 0 Å². The maximum Gasteiger partial charge on any atom is 0.202 e. The lowest BCUT2D eigenvalue weighted by Gasteiger charge is -2.42. The molecule has 0 unspecified atom stereocenters. The van der Waals surface area contributed by atoms with Crippen LogP contribution in [0, 0.1) is 0 Å². The number of carbonyl (C=O) groups excluding carboxylic acids is 3. The molecular weight excluding hydrogens is 774 g/mol. The van der Waals surface area contributed by atoms with Crippen molar-refractivity contribution in [2.75, 3.05) is 13.7 Å². The smallest absolute Gasteiger partial charge is 0.202 e. The minimum Gasteiger partial charge on any atom is -0.508 e. The Balaban J connectivity index is 0.000000221. The van der Waals surface area contributed by atoms with E-state index in [4.69, 9.17) is 24.4 Å². The first-order valence-electron chi connectivity index (χ1n) is 18.2. The van der Waals surface area contributed by atoms with Crippen LogP contribution in [0.25, 0.3) is 22.3 Å². The molecule has 17 heteroatoms. The van der Waals surface area contributed by atoms with E-state index in [9.17, 15) is 60.0 Å². The van der Waals surface area contributed by atoms with Gasteiger partial charge in [0.25, 0.3) is 0 Å². The molecule has 0 amide bonds. The monoisotopic (exact) mass is 813 g/mol. The van der Waals surface area contributed by atoms with Crippen molar-refractivity contribution in [3.63, 3.8) is 0 Å². The Morgan fingerprint density at radius 2 is 1.61 bits per heavy atom. The van der Waals surface area contributed by atoms with Gasteiger partial charge in [-0.2, -0.15) is 0 Å². The first kappa shape index (κ1) is 40.8. The highest BCUT2D eigenvalue weighted by Gasteiger charge is 2.50. The molecule has 2 aliphatic carbocycles. The Morgan fingerprint density at radius 3 is 2.27 bits per heavy atom. The Labute approximate surface area is 333 Å². The third kappa shape index (κ3) is 7.13. The van der Waals surface area contributed by atoms with Gasteiger partial charge in [0.2, 0.25) is 5.78 Å². The SMILES string of the molecule is COc1cccc2c1C(=O)c1c(O)c3c(c(O)c1C2=O)C[C@@](O)(C(=O)CO)C[C@@H]3O[C@H]1C[C@H](N)[C@H](O)[C@H](C)O1.O=c1cc(-c2ccc(O)cc2)oc2cc(O)cc(O)c12. The summed E-state index contributed by atoms with van der Waals surface area (Å²) in [6, 6.07) is 13.4. The van der Waals surface area contributed by atoms with Crippen molar-refractivity contribution in [3.8, 4) is 45.8 Å². The van der Waals surface area contributed by atoms with Gasteiger partial charge in [0.05, 0.1) is 42.1 Å². The van der Waals surface area contributed by atoms with Crippen molar-refractivity contribution in [1.82, 2.24) is 0 Å². The lowest BCUT2D eigenvalue weighted by molar-refractivity contribution is -0.247. The number of ether oxygens (including phenoxy) is 3. The zero-order valence-electron chi connectivity index (χ0n) is 31.4. The Kier molecular flexibility index (Phi) is 10.7. The summed E-state index contributed by atoms with van der Waals surface area (Å²) in [6.07, 6.45) is -5.12. The van der Waals surface area contributed by atoms with Crippen LogP contribution in [0.5, 0.6) is 34.5 Å². The second-order valence-electron chi connectivity index (χ2n) is 14.5. The number of Topliss-reactive ketones (excluding diaryl/α,β-unsaturated/α-hetero) is 1. The lowest BCUT2D eigenvalue weighted by atomic mass is 9.72. The van der Waals surface area contributed by atoms with E-state index in [-0.39, 0.29) is 68.4 Å². The highest BCUT2D eigenvalue weighted by molar-refractivity contribution is 6.31. The zero-order chi connectivity index (χ0) is 42.7. The van der Waals surface area contributed by atoms with Crippen LogP contribution in [0.3, 0.4) is 0 Å². The van der Waals surface area contributed by atoms with Gasteiger partial charge >= 0.3 is 0 Å². The summed E-state index contributed by atoms with van der Waals surface area (Å²) < 4.78 is 22.5. The number of nitrogens with two attached hydrogens (primary N) is 1. The predicted molar refractivity (Wildman–Crippen MR) is 205 cm³/mol. The molecule has 0 saturated carbocycles. The number of hydrogen-bond acceptors (Lipinski definition) is 17. The molecule has 1 aromatic heterocycles. The summed E-state index contributed by atoms with van der Waals surface area (Å²) in [6.45, 7) is 0.560. The number of aliphatic hydroxyl groups is 3. The van der Waals surface area contributed by atoms with E-state index in [1.165, 1.54) is 49.6 Å². The summed E-state index contributed by atoms with van der Waals surface area (Å²) >= 11 is 0. The van der Waals surface area contributed by atoms with Gasteiger partial charge in [-0.3, -0.25) is 19.2 Å². The second-order valence-corrected chi connectivity index (χ2v) is 14.5. The largest absolute Gasteiger partial charge is 0.508 e. The van der Waals surface area contributed by atoms with Crippen LogP contribution < -0.4 is 15.9 Å². The molecule has 6 atom stereocenters. The molecule has 1 fully saturated rings. The number of phenolic OH excluding ortho intramolecular Hbond substituents is 5. The van der Waals surface area contributed by atoms with E-state index < -0.39 is 101 Å². The number of phenols is 5. The molecule has 10 N–H and O–H groups in total. The number of methoxy groups -OCH3 is 1. The van der Waals surface area contributed by atoms with Crippen LogP contribution in [0.2, 0.25) is 0 Å². The van der Waals surface area contributed by atoms with Gasteiger partial charge in [0, 0.05) is 65.8 Å². The molecule has 17 nitrogen and oxygen atoms in total. The molecule has 3 aliphatic rings. The second kappa shape index (κ2) is 15.4. The Morgan fingerprint density at radius 1 is 0.915 bits per heavy atom. The summed E-state index contributed by atoms with van der Waals surface area (Å²) in [5, 5.41) is 82.1. The molecule has 0 radical (unpaired) electrons. The highest BCUT2D eigenvalue weighted by atomic mass is 16.7. The maximum absolute atomic E-state index is 13.6. The Bertz CT molecular complexity index is 2570. The first-order chi connectivity index (χ1) is 28.0. The predicted octanol–water partition coefficient (Wildman–Crippen LogP) is 2.58. The van der Waals surface area contributed by atoms with Gasteiger partial charge in [-0.1, -0.05) is 12.1 Å². The molecule has 8 rings (SSSR count). The van der Waals surface area contributed by atoms with Crippen LogP contribution in [0.15, 0.2) is 69.9 Å². The molecule has 59 heavy (non-hydrogen) atoms. The summed E-state index contributed by atoms with van der Waals surface area (Å²) in [7, 11) is 1.32. The number of rotatable bonds is 6. The number of aliphatic hydroxyl groups excluding tert-OH is 2. The molecule has 0 bridgehead atoms. The summed E-state index contributed by atoms with van der Waals surface area (Å²) in [5.74, 6) is -3.91. The van der Waals surface area contributed by atoms with Gasteiger partial charge < -0.3 is 65.2 Å². The average molecular weight is 814 g/mol. The average Bonchev–Trinajstić information content (AvgIpc) is 3.19. The topological polar surface area (TPSA) is 297 Å². The van der Waals surface area contributed by atoms with Crippen LogP contribution >= 0.6 is 0 Å². The van der Waals surface area contributed by atoms with Crippen molar-refractivity contribution in [2.45, 2.75) is 62.4 Å². The van der Waals surface area contributed by atoms with Crippen molar-refractivity contribution in [1.29, 1.82) is 0 Å². The minimum atomic E-state index is -2.24. The summed E-state index contributed by atoms with van der Waals surface area (Å²) in [4.78, 5) is 51.8.